The van der Waals surface area contributed by atoms with Gasteiger partial charge in [-0.1, -0.05) is 49.4 Å². The second-order valence-electron chi connectivity index (χ2n) is 8.63. The number of nitrogens with zero attached hydrogens (tertiary/aromatic N) is 1. The largest absolute Gasteiger partial charge is 0.489 e. The molecule has 0 aromatic heterocycles. The van der Waals surface area contributed by atoms with Crippen LogP contribution in [0.1, 0.15) is 29.8 Å². The summed E-state index contributed by atoms with van der Waals surface area (Å²) in [5.41, 5.74) is 3.35. The number of carboxylic acids is 1. The minimum absolute atomic E-state index is 0.0283. The van der Waals surface area contributed by atoms with Gasteiger partial charge in [0.05, 0.1) is 18.1 Å². The molecule has 0 unspecified atom stereocenters. The van der Waals surface area contributed by atoms with Crippen LogP contribution < -0.4 is 4.74 Å². The van der Waals surface area contributed by atoms with Gasteiger partial charge in [0, 0.05) is 22.6 Å². The number of aliphatic hydroxyl groups is 1. The second kappa shape index (κ2) is 7.71. The lowest BCUT2D eigenvalue weighted by atomic mass is 9.78. The van der Waals surface area contributed by atoms with Gasteiger partial charge < -0.3 is 19.8 Å². The minimum atomic E-state index is -1.17. The van der Waals surface area contributed by atoms with Crippen molar-refractivity contribution in [3.05, 3.63) is 77.0 Å². The molecule has 0 saturated carbocycles. The fourth-order valence-electron chi connectivity index (χ4n) is 5.29. The zero-order valence-corrected chi connectivity index (χ0v) is 18.2. The number of ketones is 1. The van der Waals surface area contributed by atoms with E-state index in [0.717, 1.165) is 11.1 Å². The van der Waals surface area contributed by atoms with E-state index in [9.17, 15) is 24.6 Å². The van der Waals surface area contributed by atoms with E-state index < -0.39 is 18.0 Å². The number of aliphatic carboxylic acids is 1. The van der Waals surface area contributed by atoms with E-state index in [1.54, 1.807) is 43.3 Å². The summed E-state index contributed by atoms with van der Waals surface area (Å²) in [5, 5.41) is 19.7. The van der Waals surface area contributed by atoms with Crippen LogP contribution in [0.5, 0.6) is 5.75 Å². The van der Waals surface area contributed by atoms with Crippen LogP contribution in [0, 0.1) is 11.8 Å². The summed E-state index contributed by atoms with van der Waals surface area (Å²) in [7, 11) is 0. The number of benzene rings is 2. The molecule has 2 N–H and O–H groups in total. The Balaban J connectivity index is 1.38. The molecule has 0 radical (unpaired) electrons. The number of allylic oxidation sites excluding steroid dienone is 1. The first-order chi connectivity index (χ1) is 15.8. The van der Waals surface area contributed by atoms with Crippen LogP contribution in [0.25, 0.3) is 11.1 Å². The van der Waals surface area contributed by atoms with Crippen LogP contribution >= 0.6 is 0 Å². The molecule has 2 aliphatic heterocycles. The molecule has 0 bridgehead atoms. The first kappa shape index (κ1) is 21.2. The molecule has 1 amide bonds. The molecule has 7 nitrogen and oxygen atoms in total. The molecule has 2 aromatic carbocycles. The number of aliphatic hydroxyl groups excluding tert-OH is 1. The third-order valence-corrected chi connectivity index (χ3v) is 6.77. The maximum atomic E-state index is 12.7. The number of ether oxygens (including phenoxy) is 1. The monoisotopic (exact) mass is 445 g/mol. The SMILES string of the molecule is C[C@@H](O)[C@H]1C(=O)N2C(C(=O)O)=C(C=CCOc3cccc4c3-c3ccccc3C4=O)[C@H](C)[C@H]12. The summed E-state index contributed by atoms with van der Waals surface area (Å²) in [6.07, 6.45) is 2.56. The molecule has 5 rings (SSSR count). The van der Waals surface area contributed by atoms with Crippen LogP contribution in [0.3, 0.4) is 0 Å². The highest BCUT2D eigenvalue weighted by atomic mass is 16.5. The van der Waals surface area contributed by atoms with Gasteiger partial charge in [-0.3, -0.25) is 9.59 Å². The first-order valence-corrected chi connectivity index (χ1v) is 10.9. The van der Waals surface area contributed by atoms with Crippen molar-refractivity contribution in [3.8, 4) is 16.9 Å². The zero-order valence-electron chi connectivity index (χ0n) is 18.2. The highest BCUT2D eigenvalue weighted by Crippen LogP contribution is 2.47. The molecule has 3 aliphatic rings. The highest BCUT2D eigenvalue weighted by molar-refractivity contribution is 6.22. The molecule has 1 fully saturated rings. The molecule has 4 atom stereocenters. The van der Waals surface area contributed by atoms with Gasteiger partial charge in [-0.15, -0.1) is 0 Å². The normalized spacial score (nSPS) is 24.0. The topological polar surface area (TPSA) is 104 Å². The quantitative estimate of drug-likeness (QED) is 0.566. The lowest BCUT2D eigenvalue weighted by molar-refractivity contribution is -0.163. The number of β-lactam (4-membered cyclic amide) rings is 1. The Labute approximate surface area is 190 Å². The fraction of sp³-hybridized carbons (Fsp3) is 0.269. The second-order valence-corrected chi connectivity index (χ2v) is 8.63. The van der Waals surface area contributed by atoms with Crippen molar-refractivity contribution in [3.63, 3.8) is 0 Å². The molecule has 2 aromatic rings. The van der Waals surface area contributed by atoms with Crippen molar-refractivity contribution in [2.45, 2.75) is 26.0 Å². The maximum Gasteiger partial charge on any atom is 0.352 e. The maximum absolute atomic E-state index is 12.7. The molecule has 168 valence electrons. The smallest absolute Gasteiger partial charge is 0.352 e. The molecule has 1 saturated heterocycles. The lowest BCUT2D eigenvalue weighted by Gasteiger charge is -2.46. The summed E-state index contributed by atoms with van der Waals surface area (Å²) in [6.45, 7) is 3.58. The number of carbonyl (C=O) groups excluding carboxylic acids is 2. The Hall–Kier alpha value is -3.71. The number of hydrogen-bond donors (Lipinski definition) is 2. The van der Waals surface area contributed by atoms with Crippen LogP contribution in [0.15, 0.2) is 65.9 Å². The van der Waals surface area contributed by atoms with E-state index in [4.69, 9.17) is 4.74 Å². The molecular weight excluding hydrogens is 422 g/mol. The standard InChI is InChI=1S/C26H23NO6/c1-13-15(23(26(31)32)27-22(13)20(14(2)28)25(27)30)10-6-12-33-19-11-5-9-18-21(19)16-7-3-4-8-17(16)24(18)29/h3-11,13-14,20,22,28H,12H2,1-2H3,(H,31,32)/t13-,14+,20+,22+/m0/s1. The Morgan fingerprint density at radius 1 is 1.12 bits per heavy atom. The van der Waals surface area contributed by atoms with Crippen molar-refractivity contribution < 1.29 is 29.3 Å². The molecular formula is C26H23NO6. The first-order valence-electron chi connectivity index (χ1n) is 10.9. The van der Waals surface area contributed by atoms with Crippen LogP contribution in [0.4, 0.5) is 0 Å². The Morgan fingerprint density at radius 3 is 2.52 bits per heavy atom. The Bertz CT molecular complexity index is 1260. The van der Waals surface area contributed by atoms with Gasteiger partial charge in [0.15, 0.2) is 5.78 Å². The predicted octanol–water partition coefficient (Wildman–Crippen LogP) is 3.03. The van der Waals surface area contributed by atoms with Gasteiger partial charge in [-0.2, -0.15) is 0 Å². The molecule has 33 heavy (non-hydrogen) atoms. The summed E-state index contributed by atoms with van der Waals surface area (Å²) in [4.78, 5) is 38.3. The Kier molecular flexibility index (Phi) is 4.94. The van der Waals surface area contributed by atoms with Gasteiger partial charge in [0.25, 0.3) is 0 Å². The number of carbonyl (C=O) groups is 3. The van der Waals surface area contributed by atoms with E-state index >= 15 is 0 Å². The fourth-order valence-corrected chi connectivity index (χ4v) is 5.29. The summed E-state index contributed by atoms with van der Waals surface area (Å²) < 4.78 is 5.97. The number of amides is 1. The van der Waals surface area contributed by atoms with Crippen molar-refractivity contribution in [2.75, 3.05) is 6.61 Å². The van der Waals surface area contributed by atoms with Crippen molar-refractivity contribution in [1.82, 2.24) is 4.90 Å². The number of hydrogen-bond acceptors (Lipinski definition) is 5. The Morgan fingerprint density at radius 2 is 1.82 bits per heavy atom. The van der Waals surface area contributed by atoms with E-state index in [0.29, 0.717) is 22.4 Å². The summed E-state index contributed by atoms with van der Waals surface area (Å²) >= 11 is 0. The van der Waals surface area contributed by atoms with Crippen LogP contribution in [0.2, 0.25) is 0 Å². The highest BCUT2D eigenvalue weighted by Gasteiger charge is 2.59. The van der Waals surface area contributed by atoms with E-state index in [-0.39, 0.29) is 36.0 Å². The third-order valence-electron chi connectivity index (χ3n) is 6.77. The van der Waals surface area contributed by atoms with Crippen molar-refractivity contribution in [2.24, 2.45) is 11.8 Å². The van der Waals surface area contributed by atoms with E-state index in [1.165, 1.54) is 4.90 Å². The average molecular weight is 445 g/mol. The van der Waals surface area contributed by atoms with Gasteiger partial charge in [0.2, 0.25) is 5.91 Å². The van der Waals surface area contributed by atoms with Crippen molar-refractivity contribution >= 4 is 17.7 Å². The van der Waals surface area contributed by atoms with Crippen LogP contribution in [-0.2, 0) is 9.59 Å². The van der Waals surface area contributed by atoms with E-state index in [1.807, 2.05) is 25.1 Å². The van der Waals surface area contributed by atoms with Crippen molar-refractivity contribution in [1.29, 1.82) is 0 Å². The predicted molar refractivity (Wildman–Crippen MR) is 120 cm³/mol. The molecule has 7 heteroatoms. The number of rotatable bonds is 6. The number of carboxylic acid groups (broad SMARTS) is 1. The van der Waals surface area contributed by atoms with Gasteiger partial charge in [-0.05, 0) is 30.2 Å². The third kappa shape index (κ3) is 3.03. The average Bonchev–Trinajstić information content (AvgIpc) is 3.21. The summed E-state index contributed by atoms with van der Waals surface area (Å²) in [5.74, 6) is -1.80. The summed E-state index contributed by atoms with van der Waals surface area (Å²) in [6, 6.07) is 12.4. The zero-order chi connectivity index (χ0) is 23.4. The van der Waals surface area contributed by atoms with E-state index in [2.05, 4.69) is 0 Å². The van der Waals surface area contributed by atoms with Gasteiger partial charge in [0.1, 0.15) is 18.1 Å². The molecule has 1 aliphatic carbocycles. The lowest BCUT2D eigenvalue weighted by Crippen LogP contribution is -2.63. The minimum Gasteiger partial charge on any atom is -0.489 e. The van der Waals surface area contributed by atoms with Gasteiger partial charge in [-0.25, -0.2) is 4.79 Å². The number of fused-ring (bicyclic) bond motifs is 4. The van der Waals surface area contributed by atoms with Crippen LogP contribution in [-0.4, -0.2) is 51.5 Å². The molecule has 0 spiro atoms. The molecule has 2 heterocycles. The van der Waals surface area contributed by atoms with Gasteiger partial charge >= 0.3 is 5.97 Å².